The zero-order valence-corrected chi connectivity index (χ0v) is 16.4. The van der Waals surface area contributed by atoms with E-state index < -0.39 is 0 Å². The molecule has 1 aliphatic heterocycles. The lowest BCUT2D eigenvalue weighted by Crippen LogP contribution is -2.33. The molecule has 2 aliphatic rings. The Bertz CT molecular complexity index is 888. The van der Waals surface area contributed by atoms with Crippen LogP contribution in [0.3, 0.4) is 0 Å². The second-order valence-electron chi connectivity index (χ2n) is 7.95. The van der Waals surface area contributed by atoms with E-state index in [4.69, 9.17) is 4.99 Å². The number of fused-ring (bicyclic) bond motifs is 1. The third-order valence-corrected chi connectivity index (χ3v) is 6.90. The minimum absolute atomic E-state index is 0.371. The van der Waals surface area contributed by atoms with Crippen LogP contribution in [0.2, 0.25) is 0 Å². The normalized spacial score (nSPS) is 20.5. The minimum atomic E-state index is 0.371. The molecule has 0 atom stereocenters. The Morgan fingerprint density at radius 1 is 1.15 bits per heavy atom. The van der Waals surface area contributed by atoms with Crippen LogP contribution < -0.4 is 0 Å². The topological polar surface area (TPSA) is 39.4 Å². The molecule has 0 unspecified atom stereocenters. The van der Waals surface area contributed by atoms with Crippen molar-refractivity contribution in [3.63, 3.8) is 0 Å². The Balaban J connectivity index is 1.76. The van der Waals surface area contributed by atoms with Gasteiger partial charge in [-0.25, -0.2) is 4.99 Å². The van der Waals surface area contributed by atoms with E-state index in [2.05, 4.69) is 30.9 Å². The molecule has 0 aromatic heterocycles. The van der Waals surface area contributed by atoms with Gasteiger partial charge in [0.25, 0.3) is 0 Å². The first-order valence-electron chi connectivity index (χ1n) is 9.55. The molecule has 3 nitrogen and oxygen atoms in total. The van der Waals surface area contributed by atoms with Crippen molar-refractivity contribution in [1.29, 1.82) is 5.26 Å². The van der Waals surface area contributed by atoms with Gasteiger partial charge in [0.15, 0.2) is 5.17 Å². The molecule has 1 spiro atoms. The van der Waals surface area contributed by atoms with E-state index in [1.165, 1.54) is 25.7 Å². The van der Waals surface area contributed by atoms with E-state index in [0.717, 1.165) is 40.3 Å². The molecule has 1 saturated carbocycles. The van der Waals surface area contributed by atoms with Crippen LogP contribution in [-0.2, 0) is 0 Å². The van der Waals surface area contributed by atoms with Gasteiger partial charge < -0.3 is 4.90 Å². The molecular formula is C22H25N3S. The van der Waals surface area contributed by atoms with Crippen LogP contribution in [0.4, 0.5) is 5.69 Å². The zero-order chi connectivity index (χ0) is 18.1. The van der Waals surface area contributed by atoms with Crippen molar-refractivity contribution in [2.24, 2.45) is 10.9 Å². The van der Waals surface area contributed by atoms with Crippen molar-refractivity contribution >= 4 is 33.4 Å². The highest BCUT2D eigenvalue weighted by atomic mass is 32.2. The first-order chi connectivity index (χ1) is 12.6. The number of nitriles is 1. The van der Waals surface area contributed by atoms with Crippen LogP contribution in [0, 0.1) is 17.2 Å². The molecule has 2 aromatic rings. The van der Waals surface area contributed by atoms with Gasteiger partial charge in [0.1, 0.15) is 0 Å². The monoisotopic (exact) mass is 363 g/mol. The molecule has 1 saturated heterocycles. The van der Waals surface area contributed by atoms with Crippen LogP contribution in [0.25, 0.3) is 10.8 Å². The fourth-order valence-electron chi connectivity index (χ4n) is 4.24. The average Bonchev–Trinajstić information content (AvgIpc) is 3.22. The van der Waals surface area contributed by atoms with Crippen LogP contribution in [0.1, 0.15) is 45.1 Å². The predicted molar refractivity (Wildman–Crippen MR) is 111 cm³/mol. The van der Waals surface area contributed by atoms with Gasteiger partial charge in [-0.3, -0.25) is 0 Å². The van der Waals surface area contributed by atoms with Gasteiger partial charge in [0.05, 0.1) is 17.3 Å². The second-order valence-corrected chi connectivity index (χ2v) is 9.39. The van der Waals surface area contributed by atoms with E-state index in [0.29, 0.717) is 10.7 Å². The SMILES string of the molecule is CC(C)CN1CC2(CCCC2)S/C1=N\c1ccc(C#N)c2ccccc12. The van der Waals surface area contributed by atoms with E-state index in [1.807, 2.05) is 42.1 Å². The minimum Gasteiger partial charge on any atom is -0.350 e. The van der Waals surface area contributed by atoms with E-state index in [-0.39, 0.29) is 0 Å². The lowest BCUT2D eigenvalue weighted by molar-refractivity contribution is 0.346. The summed E-state index contributed by atoms with van der Waals surface area (Å²) in [5.41, 5.74) is 1.70. The number of aliphatic imine (C=N–C) groups is 1. The molecule has 0 radical (unpaired) electrons. The third kappa shape index (κ3) is 3.21. The number of hydrogen-bond donors (Lipinski definition) is 0. The van der Waals surface area contributed by atoms with Crippen molar-refractivity contribution in [3.8, 4) is 6.07 Å². The van der Waals surface area contributed by atoms with Gasteiger partial charge in [-0.15, -0.1) is 0 Å². The Morgan fingerprint density at radius 2 is 1.88 bits per heavy atom. The summed E-state index contributed by atoms with van der Waals surface area (Å²) in [6.07, 6.45) is 5.30. The molecule has 1 aliphatic carbocycles. The average molecular weight is 364 g/mol. The van der Waals surface area contributed by atoms with Gasteiger partial charge in [-0.2, -0.15) is 5.26 Å². The Hall–Kier alpha value is -1.99. The summed E-state index contributed by atoms with van der Waals surface area (Å²) in [6, 6.07) is 14.3. The van der Waals surface area contributed by atoms with Crippen LogP contribution in [0.5, 0.6) is 0 Å². The molecule has 2 fully saturated rings. The summed E-state index contributed by atoms with van der Waals surface area (Å²) in [4.78, 5) is 7.60. The van der Waals surface area contributed by atoms with Crippen molar-refractivity contribution in [1.82, 2.24) is 4.90 Å². The van der Waals surface area contributed by atoms with Crippen LogP contribution >= 0.6 is 11.8 Å². The van der Waals surface area contributed by atoms with Crippen molar-refractivity contribution in [2.45, 2.75) is 44.3 Å². The molecule has 4 rings (SSSR count). The van der Waals surface area contributed by atoms with Crippen molar-refractivity contribution < 1.29 is 0 Å². The fraction of sp³-hybridized carbons (Fsp3) is 0.455. The zero-order valence-electron chi connectivity index (χ0n) is 15.5. The molecule has 0 amide bonds. The van der Waals surface area contributed by atoms with Gasteiger partial charge >= 0.3 is 0 Å². The summed E-state index contributed by atoms with van der Waals surface area (Å²) in [5, 5.41) is 12.6. The summed E-state index contributed by atoms with van der Waals surface area (Å²) in [7, 11) is 0. The van der Waals surface area contributed by atoms with Crippen LogP contribution in [-0.4, -0.2) is 27.9 Å². The highest BCUT2D eigenvalue weighted by molar-refractivity contribution is 8.15. The van der Waals surface area contributed by atoms with Crippen molar-refractivity contribution in [2.75, 3.05) is 13.1 Å². The molecule has 0 N–H and O–H groups in total. The first-order valence-corrected chi connectivity index (χ1v) is 10.4. The lowest BCUT2D eigenvalue weighted by Gasteiger charge is -2.23. The number of nitrogens with zero attached hydrogens (tertiary/aromatic N) is 3. The number of rotatable bonds is 3. The van der Waals surface area contributed by atoms with Crippen LogP contribution in [0.15, 0.2) is 41.4 Å². The summed E-state index contributed by atoms with van der Waals surface area (Å²) < 4.78 is 0.371. The maximum absolute atomic E-state index is 9.39. The summed E-state index contributed by atoms with van der Waals surface area (Å²) in [6.45, 7) is 6.74. The van der Waals surface area contributed by atoms with Crippen molar-refractivity contribution in [3.05, 3.63) is 42.0 Å². The standard InChI is InChI=1S/C22H25N3S/c1-16(2)14-25-15-22(11-5-6-12-22)26-21(25)24-20-10-9-17(13-23)18-7-3-4-8-19(18)20/h3-4,7-10,16H,5-6,11-12,14-15H2,1-2H3/b24-21-. The van der Waals surface area contributed by atoms with Gasteiger partial charge in [0, 0.05) is 28.6 Å². The number of thioether (sulfide) groups is 1. The largest absolute Gasteiger partial charge is 0.350 e. The smallest absolute Gasteiger partial charge is 0.165 e. The molecular weight excluding hydrogens is 338 g/mol. The Kier molecular flexibility index (Phi) is 4.67. The van der Waals surface area contributed by atoms with Gasteiger partial charge in [-0.05, 0) is 30.9 Å². The van der Waals surface area contributed by atoms with E-state index in [1.54, 1.807) is 0 Å². The third-order valence-electron chi connectivity index (χ3n) is 5.40. The molecule has 134 valence electrons. The lowest BCUT2D eigenvalue weighted by atomic mass is 10.0. The highest BCUT2D eigenvalue weighted by Gasteiger charge is 2.44. The summed E-state index contributed by atoms with van der Waals surface area (Å²) in [5.74, 6) is 0.620. The molecule has 4 heteroatoms. The number of hydrogen-bond acceptors (Lipinski definition) is 3. The van der Waals surface area contributed by atoms with Gasteiger partial charge in [-0.1, -0.05) is 62.7 Å². The quantitative estimate of drug-likeness (QED) is 0.700. The Morgan fingerprint density at radius 3 is 2.58 bits per heavy atom. The Labute approximate surface area is 160 Å². The predicted octanol–water partition coefficient (Wildman–Crippen LogP) is 5.72. The van der Waals surface area contributed by atoms with E-state index in [9.17, 15) is 5.26 Å². The maximum atomic E-state index is 9.39. The highest BCUT2D eigenvalue weighted by Crippen LogP contribution is 2.48. The molecule has 0 bridgehead atoms. The fourth-order valence-corrected chi connectivity index (χ4v) is 5.76. The second kappa shape index (κ2) is 6.96. The van der Waals surface area contributed by atoms with E-state index >= 15 is 0 Å². The maximum Gasteiger partial charge on any atom is 0.165 e. The molecule has 1 heterocycles. The van der Waals surface area contributed by atoms with Gasteiger partial charge in [0.2, 0.25) is 0 Å². The molecule has 26 heavy (non-hydrogen) atoms. The number of benzene rings is 2. The summed E-state index contributed by atoms with van der Waals surface area (Å²) >= 11 is 1.99. The first kappa shape index (κ1) is 17.4. The molecule has 2 aromatic carbocycles. The number of amidine groups is 1.